The van der Waals surface area contributed by atoms with Gasteiger partial charge in [-0.15, -0.1) is 0 Å². The van der Waals surface area contributed by atoms with Crippen molar-refractivity contribution in [3.05, 3.63) is 100 Å². The molecule has 0 amide bonds. The second-order valence-corrected chi connectivity index (χ2v) is 10.1. The fourth-order valence-electron chi connectivity index (χ4n) is 3.51. The zero-order valence-electron chi connectivity index (χ0n) is 18.8. The van der Waals surface area contributed by atoms with Crippen molar-refractivity contribution < 1.29 is 17.9 Å². The second-order valence-electron chi connectivity index (χ2n) is 7.99. The molecule has 0 fully saturated rings. The van der Waals surface area contributed by atoms with Crippen LogP contribution >= 0.6 is 11.6 Å². The highest BCUT2D eigenvalue weighted by atomic mass is 35.5. The molecule has 0 aliphatic carbocycles. The van der Waals surface area contributed by atoms with Crippen LogP contribution in [0.25, 0.3) is 0 Å². The van der Waals surface area contributed by atoms with Crippen LogP contribution in [0.1, 0.15) is 41.1 Å². The lowest BCUT2D eigenvalue weighted by atomic mass is 9.97. The number of sulfonamides is 1. The lowest BCUT2D eigenvalue weighted by Gasteiger charge is -2.20. The highest BCUT2D eigenvalue weighted by molar-refractivity contribution is 7.89. The summed E-state index contributed by atoms with van der Waals surface area (Å²) >= 11 is 5.92. The predicted octanol–water partition coefficient (Wildman–Crippen LogP) is 5.41. The molecule has 1 N–H and O–H groups in total. The number of benzene rings is 3. The fraction of sp³-hybridized carbons (Fsp3) is 0.269. The van der Waals surface area contributed by atoms with E-state index in [0.29, 0.717) is 24.3 Å². The van der Waals surface area contributed by atoms with Crippen molar-refractivity contribution in [2.75, 3.05) is 7.11 Å². The highest BCUT2D eigenvalue weighted by Crippen LogP contribution is 2.24. The second kappa shape index (κ2) is 11.5. The molecular formula is C26H28ClNO4S. The van der Waals surface area contributed by atoms with Crippen molar-refractivity contribution in [2.45, 2.75) is 43.5 Å². The lowest BCUT2D eigenvalue weighted by molar-refractivity contribution is -0.140. The van der Waals surface area contributed by atoms with Gasteiger partial charge in [0.25, 0.3) is 0 Å². The summed E-state index contributed by atoms with van der Waals surface area (Å²) in [5, 5.41) is 0.480. The molecule has 0 heterocycles. The monoisotopic (exact) mass is 485 g/mol. The summed E-state index contributed by atoms with van der Waals surface area (Å²) in [4.78, 5) is 11.5. The van der Waals surface area contributed by atoms with Gasteiger partial charge in [-0.3, -0.25) is 4.79 Å². The number of nitrogens with one attached hydrogen (secondary N) is 1. The molecule has 0 aliphatic rings. The summed E-state index contributed by atoms with van der Waals surface area (Å²) in [5.74, 6) is -0.221. The van der Waals surface area contributed by atoms with E-state index in [1.807, 2.05) is 55.5 Å². The summed E-state index contributed by atoms with van der Waals surface area (Å²) in [6.07, 6.45) is 2.32. The van der Waals surface area contributed by atoms with Crippen LogP contribution < -0.4 is 4.72 Å². The van der Waals surface area contributed by atoms with Gasteiger partial charge in [0.2, 0.25) is 10.0 Å². The minimum atomic E-state index is -3.75. The van der Waals surface area contributed by atoms with Gasteiger partial charge in [-0.25, -0.2) is 13.1 Å². The first-order valence-electron chi connectivity index (χ1n) is 10.8. The third kappa shape index (κ3) is 7.42. The molecule has 0 saturated heterocycles. The standard InChI is InChI=1S/C26H28ClNO4S/c1-19-6-8-21(9-7-19)18-25(28-33(30,31)24-16-14-23(27)15-17-24)22-12-10-20(11-13-22)4-3-5-26(29)32-2/h6-17,25,28H,3-5,18H2,1-2H3. The number of ether oxygens (including phenoxy) is 1. The van der Waals surface area contributed by atoms with Crippen LogP contribution in [-0.2, 0) is 32.4 Å². The number of halogens is 1. The molecule has 5 nitrogen and oxygen atoms in total. The molecular weight excluding hydrogens is 458 g/mol. The van der Waals surface area contributed by atoms with E-state index in [0.717, 1.165) is 28.7 Å². The van der Waals surface area contributed by atoms with Gasteiger partial charge in [0, 0.05) is 11.4 Å². The molecule has 0 saturated carbocycles. The Labute approximate surface area is 200 Å². The lowest BCUT2D eigenvalue weighted by Crippen LogP contribution is -2.30. The predicted molar refractivity (Wildman–Crippen MR) is 131 cm³/mol. The van der Waals surface area contributed by atoms with Gasteiger partial charge in [-0.2, -0.15) is 0 Å². The van der Waals surface area contributed by atoms with Gasteiger partial charge >= 0.3 is 5.97 Å². The molecule has 1 unspecified atom stereocenters. The van der Waals surface area contributed by atoms with Crippen molar-refractivity contribution in [1.29, 1.82) is 0 Å². The first kappa shape index (κ1) is 25.0. The van der Waals surface area contributed by atoms with Gasteiger partial charge in [0.15, 0.2) is 0 Å². The maximum atomic E-state index is 13.1. The summed E-state index contributed by atoms with van der Waals surface area (Å²) in [6.45, 7) is 2.02. The van der Waals surface area contributed by atoms with Crippen molar-refractivity contribution in [3.63, 3.8) is 0 Å². The van der Waals surface area contributed by atoms with E-state index in [9.17, 15) is 13.2 Å². The van der Waals surface area contributed by atoms with E-state index in [2.05, 4.69) is 9.46 Å². The number of rotatable bonds is 10. The Kier molecular flexibility index (Phi) is 8.67. The SMILES string of the molecule is COC(=O)CCCc1ccc(C(Cc2ccc(C)cc2)NS(=O)(=O)c2ccc(Cl)cc2)cc1. The minimum Gasteiger partial charge on any atom is -0.469 e. The number of hydrogen-bond donors (Lipinski definition) is 1. The van der Waals surface area contributed by atoms with E-state index < -0.39 is 16.1 Å². The van der Waals surface area contributed by atoms with Crippen LogP contribution in [0.4, 0.5) is 0 Å². The van der Waals surface area contributed by atoms with Crippen molar-refractivity contribution in [1.82, 2.24) is 4.72 Å². The van der Waals surface area contributed by atoms with Gasteiger partial charge in [0.1, 0.15) is 0 Å². The highest BCUT2D eigenvalue weighted by Gasteiger charge is 2.22. The number of esters is 1. The maximum Gasteiger partial charge on any atom is 0.305 e. The Bertz CT molecular complexity index is 1160. The van der Waals surface area contributed by atoms with Crippen molar-refractivity contribution >= 4 is 27.6 Å². The van der Waals surface area contributed by atoms with E-state index in [1.54, 1.807) is 12.1 Å². The smallest absolute Gasteiger partial charge is 0.305 e. The zero-order valence-corrected chi connectivity index (χ0v) is 20.3. The van der Waals surface area contributed by atoms with Crippen LogP contribution in [0, 0.1) is 6.92 Å². The molecule has 7 heteroatoms. The number of hydrogen-bond acceptors (Lipinski definition) is 4. The van der Waals surface area contributed by atoms with Crippen LogP contribution in [0.5, 0.6) is 0 Å². The Morgan fingerprint density at radius 3 is 2.15 bits per heavy atom. The molecule has 3 aromatic rings. The molecule has 174 valence electrons. The summed E-state index contributed by atoms with van der Waals surface area (Å²) in [7, 11) is -2.36. The molecule has 3 aromatic carbocycles. The average Bonchev–Trinajstić information content (AvgIpc) is 2.80. The van der Waals surface area contributed by atoms with Gasteiger partial charge < -0.3 is 4.74 Å². The molecule has 0 bridgehead atoms. The summed E-state index contributed by atoms with van der Waals surface area (Å²) in [5.41, 5.74) is 4.13. The molecule has 0 aliphatic heterocycles. The third-order valence-electron chi connectivity index (χ3n) is 5.44. The van der Waals surface area contributed by atoms with E-state index in [1.165, 1.54) is 19.2 Å². The normalized spacial score (nSPS) is 12.3. The minimum absolute atomic E-state index is 0.167. The van der Waals surface area contributed by atoms with E-state index in [4.69, 9.17) is 11.6 Å². The van der Waals surface area contributed by atoms with Crippen LogP contribution in [-0.4, -0.2) is 21.5 Å². The quantitative estimate of drug-likeness (QED) is 0.390. The zero-order chi connectivity index (χ0) is 23.8. The van der Waals surface area contributed by atoms with Crippen molar-refractivity contribution in [3.8, 4) is 0 Å². The Balaban J connectivity index is 1.81. The molecule has 1 atom stereocenters. The Morgan fingerprint density at radius 1 is 0.939 bits per heavy atom. The molecule has 0 radical (unpaired) electrons. The number of carbonyl (C=O) groups is 1. The van der Waals surface area contributed by atoms with Crippen LogP contribution in [0.2, 0.25) is 5.02 Å². The Morgan fingerprint density at radius 2 is 1.55 bits per heavy atom. The third-order valence-corrected chi connectivity index (χ3v) is 7.18. The number of methoxy groups -OCH3 is 1. The van der Waals surface area contributed by atoms with Crippen LogP contribution in [0.15, 0.2) is 77.7 Å². The average molecular weight is 486 g/mol. The first-order valence-corrected chi connectivity index (χ1v) is 12.6. The van der Waals surface area contributed by atoms with Gasteiger partial charge in [-0.1, -0.05) is 65.7 Å². The summed E-state index contributed by atoms with van der Waals surface area (Å²) in [6, 6.07) is 21.6. The van der Waals surface area contributed by atoms with Crippen LogP contribution in [0.3, 0.4) is 0 Å². The molecule has 3 rings (SSSR count). The largest absolute Gasteiger partial charge is 0.469 e. The van der Waals surface area contributed by atoms with Gasteiger partial charge in [-0.05, 0) is 67.1 Å². The molecule has 0 aromatic heterocycles. The number of carbonyl (C=O) groups excluding carboxylic acids is 1. The molecule has 33 heavy (non-hydrogen) atoms. The fourth-order valence-corrected chi connectivity index (χ4v) is 4.86. The van der Waals surface area contributed by atoms with Crippen molar-refractivity contribution in [2.24, 2.45) is 0 Å². The Hall–Kier alpha value is -2.67. The maximum absolute atomic E-state index is 13.1. The topological polar surface area (TPSA) is 72.5 Å². The summed E-state index contributed by atoms with van der Waals surface area (Å²) < 4.78 is 33.7. The molecule has 0 spiro atoms. The van der Waals surface area contributed by atoms with E-state index >= 15 is 0 Å². The van der Waals surface area contributed by atoms with E-state index in [-0.39, 0.29) is 10.9 Å². The first-order chi connectivity index (χ1) is 15.8. The number of aryl methyl sites for hydroxylation is 2. The van der Waals surface area contributed by atoms with Gasteiger partial charge in [0.05, 0.1) is 18.0 Å².